The number of ether oxygens (including phenoxy) is 1. The molecule has 0 aliphatic rings. The van der Waals surface area contributed by atoms with Crippen LogP contribution in [0.1, 0.15) is 23.5 Å². The lowest BCUT2D eigenvalue weighted by atomic mass is 10.1. The van der Waals surface area contributed by atoms with E-state index in [4.69, 9.17) is 4.74 Å². The van der Waals surface area contributed by atoms with Gasteiger partial charge in [-0.1, -0.05) is 4.49 Å². The van der Waals surface area contributed by atoms with Crippen LogP contribution in [0.5, 0.6) is 5.75 Å². The normalized spacial score (nSPS) is 10.5. The van der Waals surface area contributed by atoms with Crippen molar-refractivity contribution < 1.29 is 9.53 Å². The van der Waals surface area contributed by atoms with Crippen LogP contribution < -0.4 is 10.1 Å². The van der Waals surface area contributed by atoms with Gasteiger partial charge in [0.05, 0.1) is 7.11 Å². The van der Waals surface area contributed by atoms with Gasteiger partial charge in [-0.15, -0.1) is 5.10 Å². The maximum atomic E-state index is 12.0. The summed E-state index contributed by atoms with van der Waals surface area (Å²) in [6.45, 7) is 3.83. The number of carbonyl (C=O) groups is 1. The van der Waals surface area contributed by atoms with Crippen LogP contribution in [0.4, 0.5) is 0 Å². The van der Waals surface area contributed by atoms with Crippen molar-refractivity contribution in [3.05, 3.63) is 29.1 Å². The molecule has 0 saturated carbocycles. The number of hydrogen-bond donors (Lipinski definition) is 1. The molecule has 0 unspecified atom stereocenters. The molecule has 0 saturated heterocycles. The Kier molecular flexibility index (Phi) is 4.11. The Bertz CT molecular complexity index is 564. The third kappa shape index (κ3) is 3.08. The Labute approximate surface area is 115 Å². The average molecular weight is 277 g/mol. The molecule has 0 radical (unpaired) electrons. The molecule has 1 aromatic carbocycles. The summed E-state index contributed by atoms with van der Waals surface area (Å²) in [5.41, 5.74) is 1.45. The highest BCUT2D eigenvalue weighted by Crippen LogP contribution is 2.25. The molecule has 1 aromatic heterocycles. The van der Waals surface area contributed by atoms with Crippen molar-refractivity contribution >= 4 is 17.4 Å². The van der Waals surface area contributed by atoms with E-state index in [2.05, 4.69) is 14.9 Å². The van der Waals surface area contributed by atoms with Gasteiger partial charge in [0.25, 0.3) is 5.91 Å². The van der Waals surface area contributed by atoms with Crippen molar-refractivity contribution in [2.24, 2.45) is 0 Å². The van der Waals surface area contributed by atoms with Gasteiger partial charge in [0.2, 0.25) is 0 Å². The van der Waals surface area contributed by atoms with E-state index in [0.29, 0.717) is 10.6 Å². The van der Waals surface area contributed by atoms with Crippen molar-refractivity contribution in [3.8, 4) is 17.0 Å². The zero-order valence-electron chi connectivity index (χ0n) is 11.0. The number of methoxy groups -OCH3 is 1. The minimum atomic E-state index is -0.143. The first-order valence-electron chi connectivity index (χ1n) is 5.89. The number of aromatic nitrogens is 2. The molecule has 1 amide bonds. The Hall–Kier alpha value is -1.95. The molecule has 5 nitrogen and oxygen atoms in total. The van der Waals surface area contributed by atoms with E-state index in [9.17, 15) is 4.79 Å². The predicted octanol–water partition coefficient (Wildman–Crippen LogP) is 2.35. The van der Waals surface area contributed by atoms with Crippen molar-refractivity contribution in [1.82, 2.24) is 14.9 Å². The van der Waals surface area contributed by atoms with E-state index < -0.39 is 0 Å². The number of benzene rings is 1. The Balaban J connectivity index is 2.30. The van der Waals surface area contributed by atoms with E-state index in [-0.39, 0.29) is 11.9 Å². The quantitative estimate of drug-likeness (QED) is 0.931. The maximum Gasteiger partial charge on any atom is 0.265 e. The first kappa shape index (κ1) is 13.5. The van der Waals surface area contributed by atoms with E-state index in [1.807, 2.05) is 38.1 Å². The summed E-state index contributed by atoms with van der Waals surface area (Å²) in [6.07, 6.45) is 0. The number of rotatable bonds is 4. The van der Waals surface area contributed by atoms with E-state index in [1.54, 1.807) is 7.11 Å². The van der Waals surface area contributed by atoms with Gasteiger partial charge < -0.3 is 10.1 Å². The Morgan fingerprint density at radius 3 is 2.58 bits per heavy atom. The molecule has 100 valence electrons. The number of hydrogen-bond acceptors (Lipinski definition) is 5. The molecule has 2 aromatic rings. The number of amides is 1. The van der Waals surface area contributed by atoms with Crippen LogP contribution in [0.25, 0.3) is 11.3 Å². The SMILES string of the molecule is COc1ccc(-c2nnsc2C(=O)NC(C)C)cc1. The third-order valence-corrected chi connectivity index (χ3v) is 3.20. The smallest absolute Gasteiger partial charge is 0.265 e. The second kappa shape index (κ2) is 5.79. The van der Waals surface area contributed by atoms with Crippen LogP contribution in [-0.2, 0) is 0 Å². The summed E-state index contributed by atoms with van der Waals surface area (Å²) in [6, 6.07) is 7.47. The molecule has 0 bridgehead atoms. The fourth-order valence-corrected chi connectivity index (χ4v) is 2.20. The average Bonchev–Trinajstić information content (AvgIpc) is 2.87. The van der Waals surface area contributed by atoms with Crippen molar-refractivity contribution in [3.63, 3.8) is 0 Å². The molecule has 6 heteroatoms. The molecule has 0 aliphatic carbocycles. The minimum absolute atomic E-state index is 0.0818. The second-order valence-electron chi connectivity index (χ2n) is 4.31. The maximum absolute atomic E-state index is 12.0. The van der Waals surface area contributed by atoms with Gasteiger partial charge >= 0.3 is 0 Å². The van der Waals surface area contributed by atoms with E-state index in [0.717, 1.165) is 22.8 Å². The van der Waals surface area contributed by atoms with Crippen LogP contribution in [0.15, 0.2) is 24.3 Å². The van der Waals surface area contributed by atoms with Crippen molar-refractivity contribution in [2.75, 3.05) is 7.11 Å². The number of nitrogens with zero attached hydrogens (tertiary/aromatic N) is 2. The minimum Gasteiger partial charge on any atom is -0.497 e. The van der Waals surface area contributed by atoms with Crippen LogP contribution in [-0.4, -0.2) is 28.6 Å². The summed E-state index contributed by atoms with van der Waals surface area (Å²) in [5.74, 6) is 0.621. The highest BCUT2D eigenvalue weighted by atomic mass is 32.1. The topological polar surface area (TPSA) is 64.1 Å². The lowest BCUT2D eigenvalue weighted by molar-refractivity contribution is 0.0947. The molecular formula is C13H15N3O2S. The lowest BCUT2D eigenvalue weighted by Crippen LogP contribution is -2.29. The van der Waals surface area contributed by atoms with Gasteiger partial charge in [-0.2, -0.15) is 0 Å². The fourth-order valence-electron chi connectivity index (χ4n) is 1.61. The van der Waals surface area contributed by atoms with Crippen molar-refractivity contribution in [1.29, 1.82) is 0 Å². The largest absolute Gasteiger partial charge is 0.497 e. The third-order valence-electron chi connectivity index (χ3n) is 2.48. The second-order valence-corrected chi connectivity index (χ2v) is 5.06. The van der Waals surface area contributed by atoms with Gasteiger partial charge in [0.15, 0.2) is 0 Å². The molecule has 0 fully saturated rings. The molecular weight excluding hydrogens is 262 g/mol. The van der Waals surface area contributed by atoms with Gasteiger partial charge in [-0.05, 0) is 49.6 Å². The van der Waals surface area contributed by atoms with Crippen LogP contribution in [0, 0.1) is 0 Å². The van der Waals surface area contributed by atoms with Gasteiger partial charge in [-0.3, -0.25) is 4.79 Å². The zero-order valence-corrected chi connectivity index (χ0v) is 11.8. The summed E-state index contributed by atoms with van der Waals surface area (Å²) in [7, 11) is 1.61. The van der Waals surface area contributed by atoms with E-state index >= 15 is 0 Å². The van der Waals surface area contributed by atoms with Gasteiger partial charge in [0, 0.05) is 11.6 Å². The Morgan fingerprint density at radius 1 is 1.32 bits per heavy atom. The molecule has 0 spiro atoms. The van der Waals surface area contributed by atoms with Gasteiger partial charge in [0.1, 0.15) is 16.3 Å². The Morgan fingerprint density at radius 2 is 2.00 bits per heavy atom. The van der Waals surface area contributed by atoms with Crippen LogP contribution in [0.3, 0.4) is 0 Å². The molecule has 2 rings (SSSR count). The zero-order chi connectivity index (χ0) is 13.8. The van der Waals surface area contributed by atoms with Crippen molar-refractivity contribution in [2.45, 2.75) is 19.9 Å². The molecule has 0 atom stereocenters. The van der Waals surface area contributed by atoms with Gasteiger partial charge in [-0.25, -0.2) is 0 Å². The molecule has 19 heavy (non-hydrogen) atoms. The number of carbonyl (C=O) groups excluding carboxylic acids is 1. The number of nitrogens with one attached hydrogen (secondary N) is 1. The predicted molar refractivity (Wildman–Crippen MR) is 74.5 cm³/mol. The summed E-state index contributed by atoms with van der Waals surface area (Å²) in [4.78, 5) is 12.6. The highest BCUT2D eigenvalue weighted by Gasteiger charge is 2.18. The monoisotopic (exact) mass is 277 g/mol. The summed E-state index contributed by atoms with van der Waals surface area (Å²) in [5, 5.41) is 6.88. The molecule has 1 heterocycles. The molecule has 0 aliphatic heterocycles. The first-order valence-corrected chi connectivity index (χ1v) is 6.66. The summed E-state index contributed by atoms with van der Waals surface area (Å²) >= 11 is 1.10. The van der Waals surface area contributed by atoms with E-state index in [1.165, 1.54) is 0 Å². The standard InChI is InChI=1S/C13H15N3O2S/c1-8(2)14-13(17)12-11(15-16-19-12)9-4-6-10(18-3)7-5-9/h4-8H,1-3H3,(H,14,17). The first-order chi connectivity index (χ1) is 9.11. The lowest BCUT2D eigenvalue weighted by Gasteiger charge is -2.07. The van der Waals surface area contributed by atoms with Crippen LogP contribution >= 0.6 is 11.5 Å². The molecule has 1 N–H and O–H groups in total. The summed E-state index contributed by atoms with van der Waals surface area (Å²) < 4.78 is 8.97. The fraction of sp³-hybridized carbons (Fsp3) is 0.308. The van der Waals surface area contributed by atoms with Crippen LogP contribution in [0.2, 0.25) is 0 Å². The highest BCUT2D eigenvalue weighted by molar-refractivity contribution is 7.08.